The van der Waals surface area contributed by atoms with E-state index in [4.69, 9.17) is 23.2 Å². The van der Waals surface area contributed by atoms with Gasteiger partial charge >= 0.3 is 0 Å². The standard InChI is InChI=1S/C16H16Cl2O2/c17-11-15(19,13-7-3-1-4-8-13)16(20,12-18)14-9-5-2-6-10-14/h1-10,19-20H,11-12H2. The average Bonchev–Trinajstić information content (AvgIpc) is 2.54. The van der Waals surface area contributed by atoms with E-state index in [1.54, 1.807) is 48.5 Å². The number of hydrogen-bond donors (Lipinski definition) is 2. The van der Waals surface area contributed by atoms with E-state index in [1.165, 1.54) is 0 Å². The summed E-state index contributed by atoms with van der Waals surface area (Å²) in [5.41, 5.74) is -2.28. The Morgan fingerprint density at radius 2 is 0.950 bits per heavy atom. The Balaban J connectivity index is 2.58. The van der Waals surface area contributed by atoms with Gasteiger partial charge in [-0.25, -0.2) is 0 Å². The van der Waals surface area contributed by atoms with Gasteiger partial charge in [0.2, 0.25) is 0 Å². The predicted octanol–water partition coefficient (Wildman–Crippen LogP) is 3.24. The lowest BCUT2D eigenvalue weighted by Crippen LogP contribution is -2.52. The third-order valence-electron chi connectivity index (χ3n) is 3.57. The fourth-order valence-electron chi connectivity index (χ4n) is 2.28. The van der Waals surface area contributed by atoms with Crippen LogP contribution in [-0.2, 0) is 11.2 Å². The third-order valence-corrected chi connectivity index (χ3v) is 4.35. The molecule has 2 N–H and O–H groups in total. The molecule has 0 aliphatic rings. The quantitative estimate of drug-likeness (QED) is 0.832. The van der Waals surface area contributed by atoms with Crippen LogP contribution < -0.4 is 0 Å². The molecule has 0 spiro atoms. The Kier molecular flexibility index (Phi) is 4.71. The van der Waals surface area contributed by atoms with E-state index in [0.29, 0.717) is 11.1 Å². The second-order valence-electron chi connectivity index (χ2n) is 4.72. The van der Waals surface area contributed by atoms with Crippen molar-refractivity contribution in [2.24, 2.45) is 0 Å². The maximum Gasteiger partial charge on any atom is 0.137 e. The monoisotopic (exact) mass is 310 g/mol. The van der Waals surface area contributed by atoms with Gasteiger partial charge in [0.1, 0.15) is 11.2 Å². The molecule has 0 fully saturated rings. The number of alkyl halides is 2. The van der Waals surface area contributed by atoms with Crippen LogP contribution >= 0.6 is 23.2 Å². The van der Waals surface area contributed by atoms with Gasteiger partial charge in [-0.1, -0.05) is 60.7 Å². The topological polar surface area (TPSA) is 40.5 Å². The highest BCUT2D eigenvalue weighted by molar-refractivity contribution is 6.20. The summed E-state index contributed by atoms with van der Waals surface area (Å²) < 4.78 is 0. The fourth-order valence-corrected chi connectivity index (χ4v) is 3.03. The van der Waals surface area contributed by atoms with Gasteiger partial charge in [0.15, 0.2) is 0 Å². The highest BCUT2D eigenvalue weighted by atomic mass is 35.5. The normalized spacial score (nSPS) is 17.2. The van der Waals surface area contributed by atoms with Crippen molar-refractivity contribution < 1.29 is 10.2 Å². The minimum atomic E-state index is -1.67. The lowest BCUT2D eigenvalue weighted by Gasteiger charge is -2.42. The van der Waals surface area contributed by atoms with E-state index in [-0.39, 0.29) is 11.8 Å². The first-order valence-electron chi connectivity index (χ1n) is 6.26. The second-order valence-corrected chi connectivity index (χ2v) is 5.25. The van der Waals surface area contributed by atoms with Gasteiger partial charge in [0.25, 0.3) is 0 Å². The lowest BCUT2D eigenvalue weighted by molar-refractivity contribution is -0.138. The highest BCUT2D eigenvalue weighted by Gasteiger charge is 2.50. The number of halogens is 2. The zero-order valence-corrected chi connectivity index (χ0v) is 12.3. The van der Waals surface area contributed by atoms with Crippen molar-refractivity contribution in [3.63, 3.8) is 0 Å². The zero-order valence-electron chi connectivity index (χ0n) is 10.8. The largest absolute Gasteiger partial charge is 0.380 e. The Bertz CT molecular complexity index is 495. The summed E-state index contributed by atoms with van der Waals surface area (Å²) >= 11 is 12.0. The van der Waals surface area contributed by atoms with Gasteiger partial charge in [-0.05, 0) is 11.1 Å². The molecule has 20 heavy (non-hydrogen) atoms. The molecule has 0 amide bonds. The van der Waals surface area contributed by atoms with E-state index < -0.39 is 11.2 Å². The molecule has 2 unspecified atom stereocenters. The Morgan fingerprint density at radius 3 is 1.20 bits per heavy atom. The molecule has 0 saturated carbocycles. The van der Waals surface area contributed by atoms with Crippen molar-refractivity contribution in [2.75, 3.05) is 11.8 Å². The van der Waals surface area contributed by atoms with Crippen LogP contribution in [0.25, 0.3) is 0 Å². The fraction of sp³-hybridized carbons (Fsp3) is 0.250. The van der Waals surface area contributed by atoms with Gasteiger partial charge in [-0.2, -0.15) is 0 Å². The number of benzene rings is 2. The summed E-state index contributed by atoms with van der Waals surface area (Å²) in [5.74, 6) is -0.343. The molecule has 0 radical (unpaired) electrons. The number of aliphatic hydroxyl groups is 2. The minimum Gasteiger partial charge on any atom is -0.380 e. The summed E-state index contributed by atoms with van der Waals surface area (Å²) in [4.78, 5) is 0. The Labute approximate surface area is 128 Å². The van der Waals surface area contributed by atoms with Crippen LogP contribution in [-0.4, -0.2) is 22.0 Å². The van der Waals surface area contributed by atoms with Gasteiger partial charge in [0, 0.05) is 0 Å². The van der Waals surface area contributed by atoms with Crippen molar-refractivity contribution in [3.05, 3.63) is 71.8 Å². The molecule has 0 saturated heterocycles. The van der Waals surface area contributed by atoms with E-state index >= 15 is 0 Å². The molecule has 0 bridgehead atoms. The maximum atomic E-state index is 11.0. The molecule has 2 nitrogen and oxygen atoms in total. The molecule has 4 heteroatoms. The van der Waals surface area contributed by atoms with Crippen LogP contribution in [0.5, 0.6) is 0 Å². The summed E-state index contributed by atoms with van der Waals surface area (Å²) in [5, 5.41) is 22.0. The van der Waals surface area contributed by atoms with Crippen LogP contribution in [0.2, 0.25) is 0 Å². The summed E-state index contributed by atoms with van der Waals surface area (Å²) in [6.07, 6.45) is 0. The maximum absolute atomic E-state index is 11.0. The SMILES string of the molecule is OC(CCl)(c1ccccc1)C(O)(CCl)c1ccccc1. The van der Waals surface area contributed by atoms with Crippen LogP contribution in [0.1, 0.15) is 11.1 Å². The first kappa shape index (κ1) is 15.3. The smallest absolute Gasteiger partial charge is 0.137 e. The van der Waals surface area contributed by atoms with Crippen LogP contribution in [0.4, 0.5) is 0 Å². The Morgan fingerprint density at radius 1 is 0.650 bits per heavy atom. The van der Waals surface area contributed by atoms with Gasteiger partial charge in [-0.15, -0.1) is 23.2 Å². The summed E-state index contributed by atoms with van der Waals surface area (Å²) in [7, 11) is 0. The molecule has 2 aromatic rings. The summed E-state index contributed by atoms with van der Waals surface area (Å²) in [6.45, 7) is 0. The van der Waals surface area contributed by atoms with Gasteiger partial charge in [-0.3, -0.25) is 0 Å². The molecule has 0 heterocycles. The predicted molar refractivity (Wildman–Crippen MR) is 82.1 cm³/mol. The third kappa shape index (κ3) is 2.45. The van der Waals surface area contributed by atoms with Crippen molar-refractivity contribution in [1.82, 2.24) is 0 Å². The number of rotatable bonds is 5. The van der Waals surface area contributed by atoms with E-state index in [0.717, 1.165) is 0 Å². The van der Waals surface area contributed by atoms with E-state index in [2.05, 4.69) is 0 Å². The molecule has 2 rings (SSSR count). The van der Waals surface area contributed by atoms with Crippen LogP contribution in [0.15, 0.2) is 60.7 Å². The molecular weight excluding hydrogens is 295 g/mol. The number of hydrogen-bond acceptors (Lipinski definition) is 2. The molecule has 0 aliphatic heterocycles. The van der Waals surface area contributed by atoms with Crippen molar-refractivity contribution >= 4 is 23.2 Å². The van der Waals surface area contributed by atoms with E-state index in [1.807, 2.05) is 12.1 Å². The molecule has 2 aromatic carbocycles. The first-order valence-corrected chi connectivity index (χ1v) is 7.33. The second kappa shape index (κ2) is 6.15. The average molecular weight is 311 g/mol. The highest BCUT2D eigenvalue weighted by Crippen LogP contribution is 2.42. The van der Waals surface area contributed by atoms with Crippen LogP contribution in [0.3, 0.4) is 0 Å². The Hall–Kier alpha value is -1.06. The van der Waals surface area contributed by atoms with Gasteiger partial charge < -0.3 is 10.2 Å². The molecular formula is C16H16Cl2O2. The molecule has 2 atom stereocenters. The minimum absolute atomic E-state index is 0.172. The van der Waals surface area contributed by atoms with Gasteiger partial charge in [0.05, 0.1) is 11.8 Å². The zero-order chi connectivity index (χ0) is 14.6. The molecule has 0 aliphatic carbocycles. The lowest BCUT2D eigenvalue weighted by atomic mass is 9.75. The first-order chi connectivity index (χ1) is 9.58. The van der Waals surface area contributed by atoms with Crippen molar-refractivity contribution in [1.29, 1.82) is 0 Å². The van der Waals surface area contributed by atoms with Crippen molar-refractivity contribution in [3.8, 4) is 0 Å². The van der Waals surface area contributed by atoms with E-state index in [9.17, 15) is 10.2 Å². The summed E-state index contributed by atoms with van der Waals surface area (Å²) in [6, 6.07) is 17.7. The van der Waals surface area contributed by atoms with Crippen molar-refractivity contribution in [2.45, 2.75) is 11.2 Å². The molecule has 106 valence electrons. The van der Waals surface area contributed by atoms with Crippen LogP contribution in [0, 0.1) is 0 Å². The molecule has 0 aromatic heterocycles.